The highest BCUT2D eigenvalue weighted by molar-refractivity contribution is 6.52. The number of nitrogens with zero attached hydrogens (tertiary/aromatic N) is 2. The normalized spacial score (nSPS) is 17.4. The molecule has 35 heavy (non-hydrogen) atoms. The number of para-hydroxylation sites is 1. The number of carbonyl (C=O) groups excluding carboxylic acids is 2. The molecule has 1 N–H and O–H groups in total. The Bertz CT molecular complexity index is 1530. The first kappa shape index (κ1) is 22.5. The van der Waals surface area contributed by atoms with Gasteiger partial charge >= 0.3 is 0 Å². The van der Waals surface area contributed by atoms with E-state index in [0.29, 0.717) is 17.0 Å². The summed E-state index contributed by atoms with van der Waals surface area (Å²) in [5.74, 6) is -1.03. The van der Waals surface area contributed by atoms with Gasteiger partial charge in [0.05, 0.1) is 18.7 Å². The van der Waals surface area contributed by atoms with Crippen molar-refractivity contribution in [1.82, 2.24) is 4.57 Å². The van der Waals surface area contributed by atoms with Crippen molar-refractivity contribution in [1.29, 1.82) is 0 Å². The summed E-state index contributed by atoms with van der Waals surface area (Å²) in [6.07, 6.45) is 1.92. The first-order valence-electron chi connectivity index (χ1n) is 11.4. The van der Waals surface area contributed by atoms with Gasteiger partial charge < -0.3 is 14.4 Å². The van der Waals surface area contributed by atoms with Gasteiger partial charge in [-0.1, -0.05) is 36.4 Å². The molecule has 176 valence electrons. The number of aromatic nitrogens is 1. The molecule has 0 aliphatic carbocycles. The Morgan fingerprint density at radius 1 is 0.943 bits per heavy atom. The minimum Gasteiger partial charge on any atom is -0.507 e. The molecule has 1 saturated heterocycles. The van der Waals surface area contributed by atoms with Crippen LogP contribution in [0.2, 0.25) is 0 Å². The van der Waals surface area contributed by atoms with Gasteiger partial charge in [-0.2, -0.15) is 0 Å². The lowest BCUT2D eigenvalue weighted by atomic mass is 9.94. The van der Waals surface area contributed by atoms with E-state index in [1.165, 1.54) is 4.90 Å². The molecule has 0 bridgehead atoms. The molecule has 6 nitrogen and oxygen atoms in total. The average Bonchev–Trinajstić information content (AvgIpc) is 3.34. The maximum Gasteiger partial charge on any atom is 0.300 e. The van der Waals surface area contributed by atoms with Crippen LogP contribution in [0.1, 0.15) is 28.3 Å². The Hall–Kier alpha value is -4.32. The number of aryl methyl sites for hydroxylation is 3. The summed E-state index contributed by atoms with van der Waals surface area (Å²) in [6, 6.07) is 19.6. The van der Waals surface area contributed by atoms with E-state index >= 15 is 0 Å². The molecule has 1 amide bonds. The van der Waals surface area contributed by atoms with Gasteiger partial charge in [0, 0.05) is 47.0 Å². The van der Waals surface area contributed by atoms with E-state index in [1.54, 1.807) is 37.4 Å². The third-order valence-electron chi connectivity index (χ3n) is 6.78. The van der Waals surface area contributed by atoms with Crippen LogP contribution < -0.4 is 9.64 Å². The summed E-state index contributed by atoms with van der Waals surface area (Å²) in [6.45, 7) is 3.93. The fourth-order valence-corrected chi connectivity index (χ4v) is 4.79. The van der Waals surface area contributed by atoms with Crippen LogP contribution in [0.15, 0.2) is 78.5 Å². The number of amides is 1. The molecule has 1 aliphatic rings. The molecule has 0 spiro atoms. The van der Waals surface area contributed by atoms with E-state index in [1.807, 2.05) is 68.1 Å². The van der Waals surface area contributed by atoms with Crippen molar-refractivity contribution < 1.29 is 19.4 Å². The van der Waals surface area contributed by atoms with Crippen LogP contribution >= 0.6 is 0 Å². The number of Topliss-reactive ketones (excluding diaryl/α,β-unsaturated/α-hetero) is 1. The largest absolute Gasteiger partial charge is 0.507 e. The number of rotatable bonds is 4. The molecule has 1 aromatic heterocycles. The van der Waals surface area contributed by atoms with Crippen molar-refractivity contribution in [3.63, 3.8) is 0 Å². The zero-order valence-electron chi connectivity index (χ0n) is 20.1. The van der Waals surface area contributed by atoms with E-state index in [0.717, 1.165) is 27.6 Å². The highest BCUT2D eigenvalue weighted by atomic mass is 16.5. The SMILES string of the molecule is COc1cccc(N2C(=O)C(=O)/C(=C(/O)c3ccc(C)c(C)c3)C2c2cn(C)c3ccccc23)c1. The average molecular weight is 467 g/mol. The monoisotopic (exact) mass is 466 g/mol. The lowest BCUT2D eigenvalue weighted by Gasteiger charge is -2.25. The van der Waals surface area contributed by atoms with Crippen molar-refractivity contribution >= 4 is 34.0 Å². The number of hydrogen-bond acceptors (Lipinski definition) is 4. The molecule has 5 rings (SSSR count). The van der Waals surface area contributed by atoms with Crippen LogP contribution in [-0.4, -0.2) is 28.5 Å². The van der Waals surface area contributed by atoms with Crippen LogP contribution in [0.5, 0.6) is 5.75 Å². The summed E-state index contributed by atoms with van der Waals surface area (Å²) in [7, 11) is 3.47. The predicted octanol–water partition coefficient (Wildman–Crippen LogP) is 5.43. The third kappa shape index (κ3) is 3.58. The highest BCUT2D eigenvalue weighted by Gasteiger charge is 2.48. The molecule has 1 unspecified atom stereocenters. The Morgan fingerprint density at radius 2 is 1.71 bits per heavy atom. The van der Waals surface area contributed by atoms with Gasteiger partial charge in [0.15, 0.2) is 0 Å². The fraction of sp³-hybridized carbons (Fsp3) is 0.172. The molecule has 4 aromatic rings. The van der Waals surface area contributed by atoms with E-state index in [4.69, 9.17) is 4.74 Å². The topological polar surface area (TPSA) is 71.8 Å². The summed E-state index contributed by atoms with van der Waals surface area (Å²) in [5, 5.41) is 12.4. The molecule has 1 fully saturated rings. The van der Waals surface area contributed by atoms with Gasteiger partial charge in [0.25, 0.3) is 11.7 Å². The van der Waals surface area contributed by atoms with Gasteiger partial charge in [-0.3, -0.25) is 14.5 Å². The van der Waals surface area contributed by atoms with Crippen molar-refractivity contribution in [2.75, 3.05) is 12.0 Å². The smallest absolute Gasteiger partial charge is 0.300 e. The molecule has 3 aromatic carbocycles. The fourth-order valence-electron chi connectivity index (χ4n) is 4.79. The maximum atomic E-state index is 13.5. The Kier molecular flexibility index (Phi) is 5.44. The maximum absolute atomic E-state index is 13.5. The van der Waals surface area contributed by atoms with Gasteiger partial charge in [-0.25, -0.2) is 0 Å². The number of fused-ring (bicyclic) bond motifs is 1. The van der Waals surface area contributed by atoms with Crippen molar-refractivity contribution in [2.24, 2.45) is 7.05 Å². The van der Waals surface area contributed by atoms with Crippen molar-refractivity contribution in [3.8, 4) is 5.75 Å². The number of ketones is 1. The lowest BCUT2D eigenvalue weighted by Crippen LogP contribution is -2.29. The van der Waals surface area contributed by atoms with E-state index in [9.17, 15) is 14.7 Å². The van der Waals surface area contributed by atoms with Crippen LogP contribution in [0.3, 0.4) is 0 Å². The number of hydrogen-bond donors (Lipinski definition) is 1. The zero-order chi connectivity index (χ0) is 24.9. The van der Waals surface area contributed by atoms with Crippen LogP contribution in [0.25, 0.3) is 16.7 Å². The number of aliphatic hydroxyl groups excluding tert-OH is 1. The Balaban J connectivity index is 1.81. The van der Waals surface area contributed by atoms with E-state index in [2.05, 4.69) is 0 Å². The van der Waals surface area contributed by atoms with Gasteiger partial charge in [0.1, 0.15) is 11.5 Å². The number of carbonyl (C=O) groups is 2. The third-order valence-corrected chi connectivity index (χ3v) is 6.78. The first-order valence-corrected chi connectivity index (χ1v) is 11.4. The van der Waals surface area contributed by atoms with E-state index < -0.39 is 17.7 Å². The minimum atomic E-state index is -0.810. The molecule has 0 saturated carbocycles. The lowest BCUT2D eigenvalue weighted by molar-refractivity contribution is -0.132. The van der Waals surface area contributed by atoms with Gasteiger partial charge in [-0.15, -0.1) is 0 Å². The van der Waals surface area contributed by atoms with Crippen molar-refractivity contribution in [3.05, 3.63) is 101 Å². The quantitative estimate of drug-likeness (QED) is 0.247. The molecular weight excluding hydrogens is 440 g/mol. The molecule has 0 radical (unpaired) electrons. The molecule has 1 aliphatic heterocycles. The first-order chi connectivity index (χ1) is 16.8. The molecule has 6 heteroatoms. The van der Waals surface area contributed by atoms with Gasteiger partial charge in [-0.05, 0) is 49.2 Å². The highest BCUT2D eigenvalue weighted by Crippen LogP contribution is 2.45. The summed E-state index contributed by atoms with van der Waals surface area (Å²) >= 11 is 0. The zero-order valence-corrected chi connectivity index (χ0v) is 20.1. The standard InChI is InChI=1S/C29H26N2O4/c1-17-12-13-19(14-18(17)2)27(32)25-26(23-16-30(3)24-11-6-5-10-22(23)24)31(29(34)28(25)33)20-8-7-9-21(15-20)35-4/h5-16,26,32H,1-4H3/b27-25+. The summed E-state index contributed by atoms with van der Waals surface area (Å²) < 4.78 is 7.34. The summed E-state index contributed by atoms with van der Waals surface area (Å²) in [4.78, 5) is 28.4. The Labute approximate surface area is 203 Å². The number of anilines is 1. The van der Waals surface area contributed by atoms with Gasteiger partial charge in [0.2, 0.25) is 0 Å². The second-order valence-corrected chi connectivity index (χ2v) is 8.88. The number of benzene rings is 3. The molecule has 1 atom stereocenters. The van der Waals surface area contributed by atoms with E-state index in [-0.39, 0.29) is 11.3 Å². The second kappa shape index (κ2) is 8.47. The number of ether oxygens (including phenoxy) is 1. The second-order valence-electron chi connectivity index (χ2n) is 8.88. The van der Waals surface area contributed by atoms with Crippen LogP contribution in [0.4, 0.5) is 5.69 Å². The predicted molar refractivity (Wildman–Crippen MR) is 137 cm³/mol. The van der Waals surface area contributed by atoms with Crippen LogP contribution in [0, 0.1) is 13.8 Å². The van der Waals surface area contributed by atoms with Crippen LogP contribution in [-0.2, 0) is 16.6 Å². The Morgan fingerprint density at radius 3 is 2.46 bits per heavy atom. The minimum absolute atomic E-state index is 0.0671. The molecular formula is C29H26N2O4. The summed E-state index contributed by atoms with van der Waals surface area (Å²) in [5.41, 5.74) is 4.87. The number of methoxy groups -OCH3 is 1. The molecule has 2 heterocycles. The van der Waals surface area contributed by atoms with Crippen molar-refractivity contribution in [2.45, 2.75) is 19.9 Å². The number of aliphatic hydroxyl groups is 1.